The Bertz CT molecular complexity index is 736. The standard InChI is InChI=1S/C12H13N3O3S/c16-12(14-9-4-5-19(17,18)7-9)10-3-1-2-8-6-13-15-11(8)10/h1-3,6,9H,4-5,7H2,(H,13,15)(H,14,16). The zero-order valence-electron chi connectivity index (χ0n) is 10.1. The molecule has 1 aliphatic heterocycles. The van der Waals surface area contributed by atoms with Crippen LogP contribution in [0.15, 0.2) is 24.4 Å². The summed E-state index contributed by atoms with van der Waals surface area (Å²) in [4.78, 5) is 12.2. The monoisotopic (exact) mass is 279 g/mol. The molecular formula is C12H13N3O3S. The van der Waals surface area contributed by atoms with E-state index in [2.05, 4.69) is 15.5 Å². The highest BCUT2D eigenvalue weighted by atomic mass is 32.2. The van der Waals surface area contributed by atoms with Crippen LogP contribution in [0.2, 0.25) is 0 Å². The summed E-state index contributed by atoms with van der Waals surface area (Å²) in [5.74, 6) is -0.0962. The second kappa shape index (κ2) is 4.34. The summed E-state index contributed by atoms with van der Waals surface area (Å²) in [7, 11) is -2.99. The molecule has 0 aliphatic carbocycles. The van der Waals surface area contributed by atoms with Gasteiger partial charge in [0.2, 0.25) is 0 Å². The largest absolute Gasteiger partial charge is 0.348 e. The Morgan fingerprint density at radius 3 is 3.00 bits per heavy atom. The lowest BCUT2D eigenvalue weighted by molar-refractivity contribution is 0.0942. The lowest BCUT2D eigenvalue weighted by atomic mass is 10.1. The first kappa shape index (κ1) is 12.2. The number of fused-ring (bicyclic) bond motifs is 1. The maximum Gasteiger partial charge on any atom is 0.253 e. The number of hydrogen-bond acceptors (Lipinski definition) is 4. The summed E-state index contributed by atoms with van der Waals surface area (Å²) in [6.07, 6.45) is 2.12. The number of benzene rings is 1. The van der Waals surface area contributed by atoms with Crippen LogP contribution in [0.1, 0.15) is 16.8 Å². The van der Waals surface area contributed by atoms with Gasteiger partial charge in [-0.25, -0.2) is 8.42 Å². The van der Waals surface area contributed by atoms with E-state index in [4.69, 9.17) is 0 Å². The van der Waals surface area contributed by atoms with Gasteiger partial charge < -0.3 is 5.32 Å². The Balaban J connectivity index is 1.83. The van der Waals surface area contributed by atoms with Crippen molar-refractivity contribution in [3.63, 3.8) is 0 Å². The summed E-state index contributed by atoms with van der Waals surface area (Å²) in [6.45, 7) is 0. The highest BCUT2D eigenvalue weighted by Gasteiger charge is 2.29. The van der Waals surface area contributed by atoms with Crippen LogP contribution in [0.3, 0.4) is 0 Å². The van der Waals surface area contributed by atoms with Crippen LogP contribution in [-0.4, -0.2) is 42.1 Å². The van der Waals surface area contributed by atoms with Crippen LogP contribution >= 0.6 is 0 Å². The van der Waals surface area contributed by atoms with Crippen molar-refractivity contribution in [2.75, 3.05) is 11.5 Å². The zero-order valence-corrected chi connectivity index (χ0v) is 10.9. The van der Waals surface area contributed by atoms with Crippen LogP contribution in [0.5, 0.6) is 0 Å². The summed E-state index contributed by atoms with van der Waals surface area (Å²) >= 11 is 0. The minimum Gasteiger partial charge on any atom is -0.348 e. The molecule has 1 unspecified atom stereocenters. The third kappa shape index (κ3) is 2.33. The molecule has 0 spiro atoms. The Kier molecular flexibility index (Phi) is 2.78. The zero-order chi connectivity index (χ0) is 13.5. The molecular weight excluding hydrogens is 266 g/mol. The molecule has 6 nitrogen and oxygen atoms in total. The fourth-order valence-corrected chi connectivity index (χ4v) is 4.00. The van der Waals surface area contributed by atoms with Gasteiger partial charge in [-0.3, -0.25) is 9.89 Å². The number of carbonyl (C=O) groups is 1. The van der Waals surface area contributed by atoms with Crippen molar-refractivity contribution in [2.45, 2.75) is 12.5 Å². The van der Waals surface area contributed by atoms with E-state index in [-0.39, 0.29) is 23.5 Å². The predicted octanol–water partition coefficient (Wildman–Crippen LogP) is 0.480. The van der Waals surface area contributed by atoms with Gasteiger partial charge in [0.05, 0.1) is 28.8 Å². The number of rotatable bonds is 2. The lowest BCUT2D eigenvalue weighted by Gasteiger charge is -2.11. The number of carbonyl (C=O) groups excluding carboxylic acids is 1. The van der Waals surface area contributed by atoms with Gasteiger partial charge in [-0.2, -0.15) is 5.10 Å². The van der Waals surface area contributed by atoms with E-state index >= 15 is 0 Å². The van der Waals surface area contributed by atoms with E-state index < -0.39 is 9.84 Å². The smallest absolute Gasteiger partial charge is 0.253 e. The number of nitrogens with zero attached hydrogens (tertiary/aromatic N) is 1. The Morgan fingerprint density at radius 2 is 2.26 bits per heavy atom. The molecule has 0 saturated carbocycles. The first-order valence-electron chi connectivity index (χ1n) is 5.98. The Labute approximate surface area is 110 Å². The molecule has 7 heteroatoms. The quantitative estimate of drug-likeness (QED) is 0.836. The number of hydrogen-bond donors (Lipinski definition) is 2. The van der Waals surface area contributed by atoms with Gasteiger partial charge in [0, 0.05) is 11.4 Å². The van der Waals surface area contributed by atoms with Crippen molar-refractivity contribution in [3.8, 4) is 0 Å². The molecule has 1 aromatic heterocycles. The fourth-order valence-electron chi connectivity index (χ4n) is 2.33. The van der Waals surface area contributed by atoms with Crippen LogP contribution in [-0.2, 0) is 9.84 Å². The van der Waals surface area contributed by atoms with E-state index in [1.807, 2.05) is 6.07 Å². The minimum atomic E-state index is -2.99. The molecule has 0 bridgehead atoms. The van der Waals surface area contributed by atoms with E-state index in [1.165, 1.54) is 0 Å². The van der Waals surface area contributed by atoms with Gasteiger partial charge in [0.25, 0.3) is 5.91 Å². The van der Waals surface area contributed by atoms with Crippen LogP contribution < -0.4 is 5.32 Å². The fraction of sp³-hybridized carbons (Fsp3) is 0.333. The molecule has 1 aliphatic rings. The van der Waals surface area contributed by atoms with Gasteiger partial charge in [-0.05, 0) is 12.5 Å². The molecule has 2 aromatic rings. The number of sulfone groups is 1. The third-order valence-corrected chi connectivity index (χ3v) is 5.06. The minimum absolute atomic E-state index is 0.0255. The molecule has 1 atom stereocenters. The van der Waals surface area contributed by atoms with Crippen molar-refractivity contribution in [1.82, 2.24) is 15.5 Å². The van der Waals surface area contributed by atoms with E-state index in [1.54, 1.807) is 18.3 Å². The van der Waals surface area contributed by atoms with Gasteiger partial charge in [-0.1, -0.05) is 12.1 Å². The highest BCUT2D eigenvalue weighted by Crippen LogP contribution is 2.17. The number of aromatic nitrogens is 2. The summed E-state index contributed by atoms with van der Waals surface area (Å²) in [5.41, 5.74) is 1.15. The Hall–Kier alpha value is -1.89. The van der Waals surface area contributed by atoms with E-state index in [0.29, 0.717) is 17.5 Å². The topological polar surface area (TPSA) is 91.9 Å². The summed E-state index contributed by atoms with van der Waals surface area (Å²) in [5, 5.41) is 10.3. The van der Waals surface area contributed by atoms with Crippen LogP contribution in [0.25, 0.3) is 10.9 Å². The summed E-state index contributed by atoms with van der Waals surface area (Å²) < 4.78 is 22.7. The molecule has 100 valence electrons. The van der Waals surface area contributed by atoms with Crippen molar-refractivity contribution < 1.29 is 13.2 Å². The van der Waals surface area contributed by atoms with Gasteiger partial charge in [-0.15, -0.1) is 0 Å². The first-order valence-corrected chi connectivity index (χ1v) is 7.81. The van der Waals surface area contributed by atoms with E-state index in [9.17, 15) is 13.2 Å². The van der Waals surface area contributed by atoms with Crippen molar-refractivity contribution in [1.29, 1.82) is 0 Å². The molecule has 19 heavy (non-hydrogen) atoms. The second-order valence-corrected chi connectivity index (χ2v) is 6.94. The molecule has 1 saturated heterocycles. The molecule has 2 N–H and O–H groups in total. The van der Waals surface area contributed by atoms with E-state index in [0.717, 1.165) is 5.39 Å². The van der Waals surface area contributed by atoms with Gasteiger partial charge >= 0.3 is 0 Å². The van der Waals surface area contributed by atoms with Gasteiger partial charge in [0.15, 0.2) is 9.84 Å². The predicted molar refractivity (Wildman–Crippen MR) is 70.6 cm³/mol. The summed E-state index contributed by atoms with van der Waals surface area (Å²) in [6, 6.07) is 5.03. The highest BCUT2D eigenvalue weighted by molar-refractivity contribution is 7.91. The van der Waals surface area contributed by atoms with Crippen LogP contribution in [0.4, 0.5) is 0 Å². The number of aromatic amines is 1. The molecule has 1 aromatic carbocycles. The normalized spacial score (nSPS) is 21.6. The molecule has 1 amide bonds. The maximum absolute atomic E-state index is 12.2. The number of nitrogens with one attached hydrogen (secondary N) is 2. The third-order valence-electron chi connectivity index (χ3n) is 3.29. The number of para-hydroxylation sites is 1. The second-order valence-electron chi connectivity index (χ2n) is 4.71. The number of H-pyrrole nitrogens is 1. The molecule has 0 radical (unpaired) electrons. The lowest BCUT2D eigenvalue weighted by Crippen LogP contribution is -2.35. The van der Waals surface area contributed by atoms with Crippen LogP contribution in [0, 0.1) is 0 Å². The molecule has 3 rings (SSSR count). The maximum atomic E-state index is 12.2. The van der Waals surface area contributed by atoms with Crippen molar-refractivity contribution >= 4 is 26.6 Å². The molecule has 1 fully saturated rings. The molecule has 2 heterocycles. The average Bonchev–Trinajstić information content (AvgIpc) is 2.94. The van der Waals surface area contributed by atoms with Crippen molar-refractivity contribution in [3.05, 3.63) is 30.0 Å². The van der Waals surface area contributed by atoms with Gasteiger partial charge in [0.1, 0.15) is 0 Å². The van der Waals surface area contributed by atoms with Crippen molar-refractivity contribution in [2.24, 2.45) is 0 Å². The first-order chi connectivity index (χ1) is 9.05. The SMILES string of the molecule is O=C(NC1CCS(=O)(=O)C1)c1cccc2cn[nH]c12. The number of amides is 1. The average molecular weight is 279 g/mol. The Morgan fingerprint density at radius 1 is 1.42 bits per heavy atom.